The van der Waals surface area contributed by atoms with Gasteiger partial charge in [0.15, 0.2) is 0 Å². The van der Waals surface area contributed by atoms with E-state index < -0.39 is 41.1 Å². The standard InChI is InChI=1S/C35H59N5O5S/c1-7-20-36-31(43)28(41)26(22-24(2)3)37-30(42)27-17-14-21-40(27)32(44)29(34(4,5)6)38-33(45)39-35(18-12-8-9-13-19-35)23-46-25-15-10-11-16-25/h7,24-27,29H,1,8-23H2,2-6H3,(H,36,43)(H,37,42)(H2,38,39,45)/t26?,27-,29?/m0/s1. The van der Waals surface area contributed by atoms with Crippen LogP contribution in [0.15, 0.2) is 12.7 Å². The van der Waals surface area contributed by atoms with Gasteiger partial charge in [-0.3, -0.25) is 19.2 Å². The molecule has 3 fully saturated rings. The average Bonchev–Trinajstić information content (AvgIpc) is 3.65. The van der Waals surface area contributed by atoms with Crippen LogP contribution in [-0.4, -0.2) is 82.2 Å². The summed E-state index contributed by atoms with van der Waals surface area (Å²) in [5, 5.41) is 12.3. The number of hydrogen-bond donors (Lipinski definition) is 4. The Morgan fingerprint density at radius 3 is 2.17 bits per heavy atom. The monoisotopic (exact) mass is 661 g/mol. The zero-order valence-corrected chi connectivity index (χ0v) is 29.7. The van der Waals surface area contributed by atoms with Gasteiger partial charge in [-0.15, -0.1) is 6.58 Å². The van der Waals surface area contributed by atoms with Crippen molar-refractivity contribution in [2.75, 3.05) is 18.8 Å². The van der Waals surface area contributed by atoms with Crippen LogP contribution < -0.4 is 21.3 Å². The number of nitrogens with one attached hydrogen (secondary N) is 4. The van der Waals surface area contributed by atoms with Crippen molar-refractivity contribution in [3.63, 3.8) is 0 Å². The molecule has 46 heavy (non-hydrogen) atoms. The third-order valence-electron chi connectivity index (χ3n) is 9.53. The van der Waals surface area contributed by atoms with E-state index in [0.717, 1.165) is 31.4 Å². The largest absolute Gasteiger partial charge is 0.346 e. The Labute approximate surface area is 280 Å². The summed E-state index contributed by atoms with van der Waals surface area (Å²) < 4.78 is 0. The van der Waals surface area contributed by atoms with E-state index in [4.69, 9.17) is 0 Å². The lowest BCUT2D eigenvalue weighted by Crippen LogP contribution is -2.62. The lowest BCUT2D eigenvalue weighted by atomic mass is 9.85. The van der Waals surface area contributed by atoms with Crippen LogP contribution in [-0.2, 0) is 19.2 Å². The highest BCUT2D eigenvalue weighted by molar-refractivity contribution is 8.00. The lowest BCUT2D eigenvalue weighted by molar-refractivity contribution is -0.143. The van der Waals surface area contributed by atoms with Gasteiger partial charge in [-0.25, -0.2) is 4.79 Å². The Morgan fingerprint density at radius 1 is 0.935 bits per heavy atom. The molecule has 2 aliphatic carbocycles. The van der Waals surface area contributed by atoms with Gasteiger partial charge in [-0.05, 0) is 56.3 Å². The minimum Gasteiger partial charge on any atom is -0.346 e. The summed E-state index contributed by atoms with van der Waals surface area (Å²) in [6.45, 7) is 13.6. The Balaban J connectivity index is 1.72. The van der Waals surface area contributed by atoms with Crippen LogP contribution >= 0.6 is 11.8 Å². The minimum atomic E-state index is -1.00. The Kier molecular flexibility index (Phi) is 14.5. The number of amides is 5. The van der Waals surface area contributed by atoms with Gasteiger partial charge in [-0.2, -0.15) is 11.8 Å². The number of Topliss-reactive ketones (excluding diaryl/α,β-unsaturated/α-hetero) is 1. The fraction of sp³-hybridized carbons (Fsp3) is 0.800. The molecule has 4 N–H and O–H groups in total. The molecule has 0 spiro atoms. The number of carbonyl (C=O) groups excluding carboxylic acids is 5. The van der Waals surface area contributed by atoms with Crippen LogP contribution in [0.3, 0.4) is 0 Å². The molecule has 0 aromatic heterocycles. The molecule has 0 radical (unpaired) electrons. The van der Waals surface area contributed by atoms with E-state index in [-0.39, 0.29) is 29.9 Å². The van der Waals surface area contributed by atoms with E-state index >= 15 is 0 Å². The van der Waals surface area contributed by atoms with Crippen molar-refractivity contribution in [3.05, 3.63) is 12.7 Å². The number of ketones is 1. The molecule has 3 atom stereocenters. The molecule has 3 rings (SSSR count). The van der Waals surface area contributed by atoms with E-state index in [2.05, 4.69) is 27.8 Å². The number of rotatable bonds is 14. The maximum atomic E-state index is 14.2. The minimum absolute atomic E-state index is 0.0454. The zero-order valence-electron chi connectivity index (χ0n) is 28.9. The zero-order chi connectivity index (χ0) is 33.9. The van der Waals surface area contributed by atoms with Gasteiger partial charge >= 0.3 is 6.03 Å². The van der Waals surface area contributed by atoms with Crippen LogP contribution in [0.4, 0.5) is 4.79 Å². The fourth-order valence-electron chi connectivity index (χ4n) is 6.95. The molecule has 0 aromatic carbocycles. The van der Waals surface area contributed by atoms with Crippen molar-refractivity contribution in [1.82, 2.24) is 26.2 Å². The molecular formula is C35H59N5O5S. The SMILES string of the molecule is C=CCNC(=O)C(=O)C(CC(C)C)NC(=O)[C@@H]1CCCN1C(=O)C(NC(=O)NC1(CSC2CCCC2)CCCCCC1)C(C)(C)C. The number of carbonyl (C=O) groups is 5. The van der Waals surface area contributed by atoms with E-state index in [1.807, 2.05) is 46.4 Å². The third-order valence-corrected chi connectivity index (χ3v) is 11.2. The number of urea groups is 1. The highest BCUT2D eigenvalue weighted by Gasteiger charge is 2.44. The van der Waals surface area contributed by atoms with Crippen LogP contribution in [0, 0.1) is 11.3 Å². The molecule has 1 saturated heterocycles. The van der Waals surface area contributed by atoms with Gasteiger partial charge in [0.05, 0.1) is 11.6 Å². The quantitative estimate of drug-likeness (QED) is 0.119. The summed E-state index contributed by atoms with van der Waals surface area (Å²) >= 11 is 2.00. The first-order valence-corrected chi connectivity index (χ1v) is 18.6. The molecule has 0 aromatic rings. The molecule has 260 valence electrons. The Hall–Kier alpha value is -2.56. The second-order valence-corrected chi connectivity index (χ2v) is 16.3. The average molecular weight is 662 g/mol. The Morgan fingerprint density at radius 2 is 1.59 bits per heavy atom. The van der Waals surface area contributed by atoms with Gasteiger partial charge < -0.3 is 26.2 Å². The molecule has 2 unspecified atom stereocenters. The summed E-state index contributed by atoms with van der Waals surface area (Å²) in [4.78, 5) is 68.4. The fourth-order valence-corrected chi connectivity index (χ4v) is 8.53. The van der Waals surface area contributed by atoms with Gasteiger partial charge in [0.25, 0.3) is 5.91 Å². The maximum absolute atomic E-state index is 14.2. The molecule has 1 heterocycles. The summed E-state index contributed by atoms with van der Waals surface area (Å²) in [5.74, 6) is -1.34. The second-order valence-electron chi connectivity index (χ2n) is 15.1. The van der Waals surface area contributed by atoms with Gasteiger partial charge in [-0.1, -0.05) is 79.2 Å². The van der Waals surface area contributed by atoms with Gasteiger partial charge in [0.1, 0.15) is 12.1 Å². The van der Waals surface area contributed by atoms with Crippen LogP contribution in [0.25, 0.3) is 0 Å². The van der Waals surface area contributed by atoms with E-state index in [1.54, 1.807) is 0 Å². The normalized spacial score (nSPS) is 21.6. The van der Waals surface area contributed by atoms with Gasteiger partial charge in [0.2, 0.25) is 17.6 Å². The van der Waals surface area contributed by atoms with Crippen molar-refractivity contribution in [3.8, 4) is 0 Å². The molecule has 11 heteroatoms. The molecule has 2 saturated carbocycles. The first kappa shape index (κ1) is 37.9. The van der Waals surface area contributed by atoms with E-state index in [9.17, 15) is 24.0 Å². The summed E-state index contributed by atoms with van der Waals surface area (Å²) in [6, 6.07) is -2.99. The molecule has 3 aliphatic rings. The van der Waals surface area contributed by atoms with Crippen molar-refractivity contribution in [2.45, 2.75) is 147 Å². The first-order chi connectivity index (χ1) is 21.8. The molecule has 1 aliphatic heterocycles. The van der Waals surface area contributed by atoms with E-state index in [0.29, 0.717) is 31.1 Å². The van der Waals surface area contributed by atoms with E-state index in [1.165, 1.54) is 49.5 Å². The Bertz CT molecular complexity index is 1080. The second kappa shape index (κ2) is 17.6. The molecule has 0 bridgehead atoms. The van der Waals surface area contributed by atoms with Crippen LogP contribution in [0.1, 0.15) is 118 Å². The maximum Gasteiger partial charge on any atom is 0.315 e. The summed E-state index contributed by atoms with van der Waals surface area (Å²) in [5.41, 5.74) is -0.919. The van der Waals surface area contributed by atoms with Crippen LogP contribution in [0.5, 0.6) is 0 Å². The van der Waals surface area contributed by atoms with Crippen molar-refractivity contribution in [2.24, 2.45) is 11.3 Å². The smallest absolute Gasteiger partial charge is 0.315 e. The molecule has 5 amide bonds. The van der Waals surface area contributed by atoms with Crippen molar-refractivity contribution >= 4 is 41.3 Å². The van der Waals surface area contributed by atoms with Gasteiger partial charge in [0, 0.05) is 24.1 Å². The predicted molar refractivity (Wildman–Crippen MR) is 184 cm³/mol. The molecule has 10 nitrogen and oxygen atoms in total. The summed E-state index contributed by atoms with van der Waals surface area (Å²) in [7, 11) is 0. The summed E-state index contributed by atoms with van der Waals surface area (Å²) in [6.07, 6.45) is 14.2. The van der Waals surface area contributed by atoms with Crippen molar-refractivity contribution in [1.29, 1.82) is 0 Å². The highest BCUT2D eigenvalue weighted by atomic mass is 32.2. The highest BCUT2D eigenvalue weighted by Crippen LogP contribution is 2.36. The number of nitrogens with zero attached hydrogens (tertiary/aromatic N) is 1. The topological polar surface area (TPSA) is 137 Å². The molecular weight excluding hydrogens is 602 g/mol. The third kappa shape index (κ3) is 11.0. The van der Waals surface area contributed by atoms with Crippen LogP contribution in [0.2, 0.25) is 0 Å². The lowest BCUT2D eigenvalue weighted by Gasteiger charge is -2.38. The van der Waals surface area contributed by atoms with Crippen molar-refractivity contribution < 1.29 is 24.0 Å². The number of likely N-dealkylation sites (tertiary alicyclic amines) is 1. The number of thioether (sulfide) groups is 1. The first-order valence-electron chi connectivity index (χ1n) is 17.5. The predicted octanol–water partition coefficient (Wildman–Crippen LogP) is 4.86. The number of hydrogen-bond acceptors (Lipinski definition) is 6.